The minimum Gasteiger partial charge on any atom is -0.379 e. The highest BCUT2D eigenvalue weighted by Gasteiger charge is 2.24. The van der Waals surface area contributed by atoms with Crippen molar-refractivity contribution in [3.63, 3.8) is 0 Å². The molecule has 0 radical (unpaired) electrons. The van der Waals surface area contributed by atoms with Crippen molar-refractivity contribution in [2.45, 2.75) is 78.9 Å². The normalized spacial score (nSPS) is 16.6. The SMILES string of the molecule is CCNC(=NCC(OC)C(C)(C)C)NCCCc1nnc2n1CCCCC2. The fraction of sp³-hybridized carbons (Fsp3) is 0.850. The first kappa shape index (κ1) is 21.7. The number of guanidine groups is 1. The van der Waals surface area contributed by atoms with E-state index in [-0.39, 0.29) is 11.5 Å². The van der Waals surface area contributed by atoms with Crippen LogP contribution < -0.4 is 10.6 Å². The molecule has 0 bridgehead atoms. The molecule has 0 fully saturated rings. The molecule has 7 heteroatoms. The number of methoxy groups -OCH3 is 1. The van der Waals surface area contributed by atoms with Gasteiger partial charge in [0.25, 0.3) is 0 Å². The average molecular weight is 379 g/mol. The molecule has 0 spiro atoms. The molecule has 0 saturated carbocycles. The molecule has 0 saturated heterocycles. The lowest BCUT2D eigenvalue weighted by molar-refractivity contribution is 0.0241. The number of aliphatic imine (C=N–C) groups is 1. The zero-order chi connectivity index (χ0) is 19.7. The van der Waals surface area contributed by atoms with Crippen LogP contribution in [0.5, 0.6) is 0 Å². The van der Waals surface area contributed by atoms with E-state index in [4.69, 9.17) is 9.73 Å². The van der Waals surface area contributed by atoms with Crippen molar-refractivity contribution >= 4 is 5.96 Å². The van der Waals surface area contributed by atoms with E-state index < -0.39 is 0 Å². The van der Waals surface area contributed by atoms with Gasteiger partial charge in [0, 0.05) is 39.6 Å². The Bertz CT molecular complexity index is 590. The van der Waals surface area contributed by atoms with Crippen LogP contribution in [0.1, 0.15) is 65.0 Å². The Morgan fingerprint density at radius 1 is 1.22 bits per heavy atom. The van der Waals surface area contributed by atoms with Gasteiger partial charge in [-0.15, -0.1) is 10.2 Å². The van der Waals surface area contributed by atoms with Gasteiger partial charge >= 0.3 is 0 Å². The van der Waals surface area contributed by atoms with Crippen LogP contribution in [0.2, 0.25) is 0 Å². The molecular weight excluding hydrogens is 340 g/mol. The van der Waals surface area contributed by atoms with E-state index in [1.807, 2.05) is 0 Å². The van der Waals surface area contributed by atoms with Crippen molar-refractivity contribution in [3.05, 3.63) is 11.6 Å². The fourth-order valence-corrected chi connectivity index (χ4v) is 3.40. The van der Waals surface area contributed by atoms with E-state index in [1.54, 1.807) is 7.11 Å². The standard InChI is InChI=1S/C20H38N6O/c1-6-21-19(23-15-16(27-5)20(2,3)4)22-13-10-12-18-25-24-17-11-8-7-9-14-26(17)18/h16H,6-15H2,1-5H3,(H2,21,22,23). The summed E-state index contributed by atoms with van der Waals surface area (Å²) in [5.41, 5.74) is 0.0705. The third-order valence-electron chi connectivity index (χ3n) is 5.07. The van der Waals surface area contributed by atoms with Gasteiger partial charge in [-0.2, -0.15) is 0 Å². The van der Waals surface area contributed by atoms with Crippen LogP contribution in [-0.4, -0.2) is 53.6 Å². The molecule has 0 amide bonds. The van der Waals surface area contributed by atoms with Crippen LogP contribution in [0, 0.1) is 5.41 Å². The van der Waals surface area contributed by atoms with Gasteiger partial charge in [-0.05, 0) is 31.6 Å². The second-order valence-corrected chi connectivity index (χ2v) is 8.34. The summed E-state index contributed by atoms with van der Waals surface area (Å²) in [5.74, 6) is 3.14. The van der Waals surface area contributed by atoms with Crippen LogP contribution in [0.15, 0.2) is 4.99 Å². The van der Waals surface area contributed by atoms with Gasteiger partial charge < -0.3 is 19.9 Å². The minimum absolute atomic E-state index is 0.0705. The summed E-state index contributed by atoms with van der Waals surface area (Å²) in [6.45, 7) is 12.0. The second kappa shape index (κ2) is 10.6. The lowest BCUT2D eigenvalue weighted by Crippen LogP contribution is -2.39. The van der Waals surface area contributed by atoms with Crippen LogP contribution in [0.25, 0.3) is 0 Å². The van der Waals surface area contributed by atoms with Crippen LogP contribution in [0.4, 0.5) is 0 Å². The largest absolute Gasteiger partial charge is 0.379 e. The van der Waals surface area contributed by atoms with Gasteiger partial charge in [0.05, 0.1) is 12.6 Å². The Labute approximate surface area is 164 Å². The Morgan fingerprint density at radius 2 is 2.04 bits per heavy atom. The summed E-state index contributed by atoms with van der Waals surface area (Å²) < 4.78 is 7.93. The first-order chi connectivity index (χ1) is 13.0. The third-order valence-corrected chi connectivity index (χ3v) is 5.07. The van der Waals surface area contributed by atoms with Crippen molar-refractivity contribution < 1.29 is 4.74 Å². The molecule has 0 aliphatic carbocycles. The molecule has 154 valence electrons. The molecule has 0 aromatic carbocycles. The maximum absolute atomic E-state index is 5.60. The van der Waals surface area contributed by atoms with Gasteiger partial charge in [-0.3, -0.25) is 4.99 Å². The van der Waals surface area contributed by atoms with Crippen LogP contribution >= 0.6 is 0 Å². The smallest absolute Gasteiger partial charge is 0.191 e. The van der Waals surface area contributed by atoms with Crippen LogP contribution in [-0.2, 0) is 24.1 Å². The molecular formula is C20H38N6O. The van der Waals surface area contributed by atoms with Crippen molar-refractivity contribution in [2.24, 2.45) is 10.4 Å². The zero-order valence-electron chi connectivity index (χ0n) is 17.8. The predicted molar refractivity (Wildman–Crippen MR) is 110 cm³/mol. The number of rotatable bonds is 8. The Morgan fingerprint density at radius 3 is 2.74 bits per heavy atom. The first-order valence-electron chi connectivity index (χ1n) is 10.4. The Balaban J connectivity index is 1.82. The molecule has 2 rings (SSSR count). The van der Waals surface area contributed by atoms with E-state index in [0.717, 1.165) is 56.5 Å². The number of nitrogens with one attached hydrogen (secondary N) is 2. The number of fused-ring (bicyclic) bond motifs is 1. The molecule has 1 aliphatic heterocycles. The van der Waals surface area contributed by atoms with E-state index in [2.05, 4.69) is 53.1 Å². The number of nitrogens with zero attached hydrogens (tertiary/aromatic N) is 4. The highest BCUT2D eigenvalue weighted by atomic mass is 16.5. The summed E-state index contributed by atoms with van der Waals surface area (Å²) >= 11 is 0. The highest BCUT2D eigenvalue weighted by Crippen LogP contribution is 2.21. The molecule has 1 unspecified atom stereocenters. The van der Waals surface area contributed by atoms with Crippen molar-refractivity contribution in [1.29, 1.82) is 0 Å². The summed E-state index contributed by atoms with van der Waals surface area (Å²) in [6.07, 6.45) is 6.89. The zero-order valence-corrected chi connectivity index (χ0v) is 17.8. The van der Waals surface area contributed by atoms with Gasteiger partial charge in [-0.25, -0.2) is 0 Å². The molecule has 1 aromatic heterocycles. The molecule has 1 aromatic rings. The number of hydrogen-bond acceptors (Lipinski definition) is 4. The minimum atomic E-state index is 0.0705. The van der Waals surface area contributed by atoms with Crippen molar-refractivity contribution in [1.82, 2.24) is 25.4 Å². The molecule has 7 nitrogen and oxygen atoms in total. The lowest BCUT2D eigenvalue weighted by Gasteiger charge is -2.28. The highest BCUT2D eigenvalue weighted by molar-refractivity contribution is 5.79. The van der Waals surface area contributed by atoms with Gasteiger partial charge in [0.1, 0.15) is 11.6 Å². The monoisotopic (exact) mass is 378 g/mol. The topological polar surface area (TPSA) is 76.4 Å². The number of aryl methyl sites for hydroxylation is 2. The lowest BCUT2D eigenvalue weighted by atomic mass is 9.89. The van der Waals surface area contributed by atoms with Crippen molar-refractivity contribution in [3.8, 4) is 0 Å². The molecule has 1 atom stereocenters. The molecule has 2 heterocycles. The summed E-state index contributed by atoms with van der Waals surface area (Å²) in [4.78, 5) is 4.70. The van der Waals surface area contributed by atoms with Gasteiger partial charge in [-0.1, -0.05) is 27.2 Å². The first-order valence-corrected chi connectivity index (χ1v) is 10.4. The van der Waals surface area contributed by atoms with Crippen LogP contribution in [0.3, 0.4) is 0 Å². The van der Waals surface area contributed by atoms with Crippen molar-refractivity contribution in [2.75, 3.05) is 26.7 Å². The number of hydrogen-bond donors (Lipinski definition) is 2. The second-order valence-electron chi connectivity index (χ2n) is 8.34. The fourth-order valence-electron chi connectivity index (χ4n) is 3.40. The summed E-state index contributed by atoms with van der Waals surface area (Å²) in [5, 5.41) is 15.5. The van der Waals surface area contributed by atoms with Gasteiger partial charge in [0.2, 0.25) is 0 Å². The molecule has 2 N–H and O–H groups in total. The molecule has 1 aliphatic rings. The van der Waals surface area contributed by atoms with E-state index in [0.29, 0.717) is 6.54 Å². The Hall–Kier alpha value is -1.63. The van der Waals surface area contributed by atoms with E-state index >= 15 is 0 Å². The van der Waals surface area contributed by atoms with Gasteiger partial charge in [0.15, 0.2) is 5.96 Å². The third kappa shape index (κ3) is 6.79. The summed E-state index contributed by atoms with van der Waals surface area (Å²) in [7, 11) is 1.76. The average Bonchev–Trinajstić information content (AvgIpc) is 2.84. The summed E-state index contributed by atoms with van der Waals surface area (Å²) in [6, 6.07) is 0. The number of aromatic nitrogens is 3. The predicted octanol–water partition coefficient (Wildman–Crippen LogP) is 2.55. The maximum Gasteiger partial charge on any atom is 0.191 e. The number of ether oxygens (including phenoxy) is 1. The quantitative estimate of drug-likeness (QED) is 0.413. The van der Waals surface area contributed by atoms with E-state index in [1.165, 1.54) is 19.3 Å². The Kier molecular flexibility index (Phi) is 8.54. The molecule has 27 heavy (non-hydrogen) atoms. The van der Waals surface area contributed by atoms with E-state index in [9.17, 15) is 0 Å². The maximum atomic E-state index is 5.60.